The number of primary amides is 1. The van der Waals surface area contributed by atoms with Gasteiger partial charge >= 0.3 is 22.5 Å². The molecule has 3 rings (SSSR count). The van der Waals surface area contributed by atoms with Gasteiger partial charge in [0.1, 0.15) is 12.6 Å². The normalized spacial score (nSPS) is 34.6. The molecule has 4 atom stereocenters. The Kier molecular flexibility index (Phi) is 4.13. The number of hydrogen-bond donors (Lipinski definition) is 9. The standard InChI is InChI=1S/C10H17N7O9S/c11-6-14-5-3(2-25-8(13)18)17(21)7(12)16-1-4(26-27(22,23)24)10(19,20)9(5,16)15-6/h3-5,12,19-21H,1-2H2,(H2,13,18)(H3,11,14,15)(H,22,23,24)/p+1/t3-,4-,5-,9-/m0/s1. The minimum absolute atomic E-state index is 0.211. The highest BCUT2D eigenvalue weighted by molar-refractivity contribution is 7.80. The molecule has 17 heteroatoms. The zero-order valence-electron chi connectivity index (χ0n) is 13.4. The van der Waals surface area contributed by atoms with Gasteiger partial charge in [-0.15, -0.1) is 0 Å². The molecule has 0 aromatic heterocycles. The number of nitrogens with one attached hydrogen (secondary N) is 3. The number of aliphatic hydroxyl groups is 2. The Morgan fingerprint density at radius 1 is 1.48 bits per heavy atom. The summed E-state index contributed by atoms with van der Waals surface area (Å²) in [6, 6.07) is -2.56. The van der Waals surface area contributed by atoms with E-state index in [1.807, 2.05) is 0 Å². The van der Waals surface area contributed by atoms with E-state index in [1.54, 1.807) is 0 Å². The smallest absolute Gasteiger partial charge is 0.404 e. The van der Waals surface area contributed by atoms with E-state index < -0.39 is 65.2 Å². The Morgan fingerprint density at radius 2 is 2.11 bits per heavy atom. The van der Waals surface area contributed by atoms with Crippen LogP contribution in [0.2, 0.25) is 0 Å². The van der Waals surface area contributed by atoms with Gasteiger partial charge in [-0.3, -0.25) is 30.8 Å². The summed E-state index contributed by atoms with van der Waals surface area (Å²) in [4.78, 5) is 14.4. The molecule has 152 valence electrons. The second kappa shape index (κ2) is 5.78. The lowest BCUT2D eigenvalue weighted by molar-refractivity contribution is -0.534. The Bertz CT molecular complexity index is 816. The Labute approximate surface area is 151 Å². The van der Waals surface area contributed by atoms with Crippen molar-refractivity contribution in [1.82, 2.24) is 15.3 Å². The predicted octanol–water partition coefficient (Wildman–Crippen LogP) is -6.66. The maximum Gasteiger partial charge on any atom is 0.404 e. The van der Waals surface area contributed by atoms with Crippen LogP contribution in [-0.4, -0.2) is 99.2 Å². The third-order valence-corrected chi connectivity index (χ3v) is 5.15. The number of amides is 1. The van der Waals surface area contributed by atoms with Gasteiger partial charge in [-0.05, 0) is 0 Å². The van der Waals surface area contributed by atoms with Gasteiger partial charge in [-0.1, -0.05) is 0 Å². The third kappa shape index (κ3) is 2.71. The number of hydroxylamine groups is 2. The number of carbonyl (C=O) groups excluding carboxylic acids is 1. The monoisotopic (exact) mass is 412 g/mol. The van der Waals surface area contributed by atoms with Crippen LogP contribution < -0.4 is 21.8 Å². The number of hydrogen-bond acceptors (Lipinski definition) is 11. The van der Waals surface area contributed by atoms with Crippen molar-refractivity contribution in [3.63, 3.8) is 0 Å². The number of nitrogens with two attached hydrogens (primary N) is 2. The van der Waals surface area contributed by atoms with Gasteiger partial charge in [0.15, 0.2) is 12.1 Å². The number of carbonyl (C=O) groups is 1. The van der Waals surface area contributed by atoms with E-state index in [9.17, 15) is 28.6 Å². The molecule has 0 saturated carbocycles. The van der Waals surface area contributed by atoms with Crippen LogP contribution >= 0.6 is 0 Å². The van der Waals surface area contributed by atoms with Gasteiger partial charge < -0.3 is 20.7 Å². The Hall–Kier alpha value is -2.44. The lowest BCUT2D eigenvalue weighted by Crippen LogP contribution is -2.92. The van der Waals surface area contributed by atoms with Gasteiger partial charge in [-0.2, -0.15) is 8.42 Å². The quantitative estimate of drug-likeness (QED) is 0.154. The maximum absolute atomic E-state index is 11.1. The first-order valence-corrected chi connectivity index (χ1v) is 8.72. The van der Waals surface area contributed by atoms with Crippen LogP contribution in [0, 0.1) is 5.41 Å². The second-order valence-corrected chi connectivity index (χ2v) is 7.19. The van der Waals surface area contributed by atoms with Crippen LogP contribution in [0.4, 0.5) is 4.79 Å². The summed E-state index contributed by atoms with van der Waals surface area (Å²) in [5.74, 6) is -3.99. The molecule has 0 aromatic rings. The first kappa shape index (κ1) is 19.3. The molecular weight excluding hydrogens is 394 g/mol. The van der Waals surface area contributed by atoms with E-state index in [4.69, 9.17) is 21.4 Å². The zero-order chi connectivity index (χ0) is 20.4. The molecule has 27 heavy (non-hydrogen) atoms. The topological polar surface area (TPSA) is 259 Å². The average Bonchev–Trinajstić information content (AvgIpc) is 2.96. The number of rotatable bonds is 4. The summed E-state index contributed by atoms with van der Waals surface area (Å²) in [7, 11) is -5.10. The van der Waals surface area contributed by atoms with E-state index in [0.717, 1.165) is 4.90 Å². The molecular formula is C10H18N7O9S+. The van der Waals surface area contributed by atoms with Crippen molar-refractivity contribution >= 4 is 28.4 Å². The molecule has 1 spiro atoms. The fourth-order valence-corrected chi connectivity index (χ4v) is 4.15. The molecule has 2 saturated heterocycles. The van der Waals surface area contributed by atoms with Gasteiger partial charge in [0, 0.05) is 0 Å². The van der Waals surface area contributed by atoms with Gasteiger partial charge in [0.25, 0.3) is 11.4 Å². The first-order chi connectivity index (χ1) is 12.3. The fourth-order valence-electron chi connectivity index (χ4n) is 3.66. The van der Waals surface area contributed by atoms with Crippen molar-refractivity contribution in [2.45, 2.75) is 29.6 Å². The predicted molar refractivity (Wildman–Crippen MR) is 80.8 cm³/mol. The minimum atomic E-state index is -5.10. The lowest BCUT2D eigenvalue weighted by atomic mass is 9.85. The third-order valence-electron chi connectivity index (χ3n) is 4.68. The second-order valence-electron chi connectivity index (χ2n) is 6.14. The van der Waals surface area contributed by atoms with Crippen LogP contribution in [0.3, 0.4) is 0 Å². The highest BCUT2D eigenvalue weighted by atomic mass is 32.3. The summed E-state index contributed by atoms with van der Waals surface area (Å²) in [6.07, 6.45) is -3.16. The molecule has 0 unspecified atom stereocenters. The van der Waals surface area contributed by atoms with Crippen molar-refractivity contribution < 1.29 is 47.1 Å². The van der Waals surface area contributed by atoms with Crippen molar-refractivity contribution in [2.24, 2.45) is 11.5 Å². The van der Waals surface area contributed by atoms with Crippen molar-refractivity contribution in [3.05, 3.63) is 0 Å². The molecule has 3 aliphatic rings. The van der Waals surface area contributed by atoms with Gasteiger partial charge in [0.05, 0.1) is 6.54 Å². The van der Waals surface area contributed by atoms with E-state index in [0.29, 0.717) is 5.06 Å². The molecule has 1 amide bonds. The molecule has 2 fully saturated rings. The molecule has 0 bridgehead atoms. The lowest BCUT2D eigenvalue weighted by Gasteiger charge is -2.50. The van der Waals surface area contributed by atoms with Crippen LogP contribution in [0.15, 0.2) is 0 Å². The van der Waals surface area contributed by atoms with Crippen molar-refractivity contribution in [3.8, 4) is 0 Å². The van der Waals surface area contributed by atoms with E-state index >= 15 is 0 Å². The van der Waals surface area contributed by atoms with E-state index in [1.165, 1.54) is 0 Å². The molecule has 11 N–H and O–H groups in total. The van der Waals surface area contributed by atoms with Crippen LogP contribution in [0.5, 0.6) is 0 Å². The maximum atomic E-state index is 11.1. The fraction of sp³-hybridized carbons (Fsp3) is 0.700. The van der Waals surface area contributed by atoms with Crippen molar-refractivity contribution in [1.29, 1.82) is 5.41 Å². The van der Waals surface area contributed by atoms with E-state index in [2.05, 4.69) is 19.2 Å². The largest absolute Gasteiger partial charge is 0.447 e. The Balaban J connectivity index is 2.07. The summed E-state index contributed by atoms with van der Waals surface area (Å²) >= 11 is 0. The molecule has 16 nitrogen and oxygen atoms in total. The zero-order valence-corrected chi connectivity index (χ0v) is 14.3. The molecule has 0 aliphatic carbocycles. The first-order valence-electron chi connectivity index (χ1n) is 7.35. The summed E-state index contributed by atoms with van der Waals surface area (Å²) in [5, 5.41) is 42.6. The van der Waals surface area contributed by atoms with Crippen LogP contribution in [0.25, 0.3) is 0 Å². The highest BCUT2D eigenvalue weighted by Gasteiger charge is 2.78. The minimum Gasteiger partial charge on any atom is -0.447 e. The van der Waals surface area contributed by atoms with E-state index in [-0.39, 0.29) is 5.96 Å². The van der Waals surface area contributed by atoms with Gasteiger partial charge in [0.2, 0.25) is 5.96 Å². The molecule has 0 radical (unpaired) electrons. The molecule has 3 aliphatic heterocycles. The number of nitrogens with zero attached hydrogens (tertiary/aromatic N) is 2. The Morgan fingerprint density at radius 3 is 2.67 bits per heavy atom. The summed E-state index contributed by atoms with van der Waals surface area (Å²) in [5.41, 5.74) is 8.46. The number of ether oxygens (including phenoxy) is 1. The molecule has 0 aromatic carbocycles. The summed E-state index contributed by atoms with van der Waals surface area (Å²) < 4.78 is 40.0. The SMILES string of the molecule is N=C1N(O)[C@@H](COC(N)=O)[C@@H]2[NH+]=C(N)N[C@]23N1C[C@H](OS(=O)(=O)O)C3(O)O. The summed E-state index contributed by atoms with van der Waals surface area (Å²) in [6.45, 7) is -1.24. The van der Waals surface area contributed by atoms with Crippen molar-refractivity contribution in [2.75, 3.05) is 13.2 Å². The highest BCUT2D eigenvalue weighted by Crippen LogP contribution is 2.43. The average molecular weight is 412 g/mol. The number of guanidine groups is 2. The van der Waals surface area contributed by atoms with Gasteiger partial charge in [-0.25, -0.2) is 19.4 Å². The van der Waals surface area contributed by atoms with Crippen LogP contribution in [0.1, 0.15) is 0 Å². The molecule has 3 heterocycles. The van der Waals surface area contributed by atoms with Crippen LogP contribution in [-0.2, 0) is 19.3 Å².